The van der Waals surface area contributed by atoms with E-state index in [1.165, 1.54) is 24.0 Å². The van der Waals surface area contributed by atoms with Crippen LogP contribution in [0.4, 0.5) is 0 Å². The number of pyridine rings is 1. The van der Waals surface area contributed by atoms with E-state index in [0.29, 0.717) is 17.4 Å². The maximum atomic E-state index is 13.2. The molecule has 4 heteroatoms. The zero-order valence-corrected chi connectivity index (χ0v) is 19.6. The van der Waals surface area contributed by atoms with Crippen LogP contribution < -0.4 is 0 Å². The lowest BCUT2D eigenvalue weighted by atomic mass is 9.51. The molecular formula is C30H32N2O2. The summed E-state index contributed by atoms with van der Waals surface area (Å²) < 4.78 is 6.39. The fraction of sp³-hybridized carbons (Fsp3) is 0.400. The highest BCUT2D eigenvalue weighted by Crippen LogP contribution is 2.61. The van der Waals surface area contributed by atoms with Crippen molar-refractivity contribution in [3.8, 4) is 0 Å². The Labute approximate surface area is 202 Å². The van der Waals surface area contributed by atoms with Crippen molar-refractivity contribution >= 4 is 5.97 Å². The Morgan fingerprint density at radius 2 is 1.44 bits per heavy atom. The predicted molar refractivity (Wildman–Crippen MR) is 133 cm³/mol. The van der Waals surface area contributed by atoms with Crippen molar-refractivity contribution in [3.05, 3.63) is 102 Å². The van der Waals surface area contributed by atoms with Crippen LogP contribution in [-0.4, -0.2) is 40.6 Å². The molecule has 2 bridgehead atoms. The van der Waals surface area contributed by atoms with Crippen LogP contribution >= 0.6 is 0 Å². The van der Waals surface area contributed by atoms with Crippen molar-refractivity contribution < 1.29 is 9.53 Å². The van der Waals surface area contributed by atoms with Crippen molar-refractivity contribution in [2.45, 2.75) is 55.6 Å². The maximum absolute atomic E-state index is 13.2. The smallest absolute Gasteiger partial charge is 0.339 e. The third-order valence-electron chi connectivity index (χ3n) is 8.53. The lowest BCUT2D eigenvalue weighted by Gasteiger charge is -2.61. The number of fused-ring (bicyclic) bond motifs is 3. The molecule has 4 nitrogen and oxygen atoms in total. The number of carbonyl (C=O) groups is 1. The quantitative estimate of drug-likeness (QED) is 0.457. The van der Waals surface area contributed by atoms with Crippen LogP contribution in [0, 0.1) is 5.92 Å². The van der Waals surface area contributed by atoms with Gasteiger partial charge < -0.3 is 4.74 Å². The molecular weight excluding hydrogens is 420 g/mol. The van der Waals surface area contributed by atoms with Crippen LogP contribution in [0.25, 0.3) is 0 Å². The van der Waals surface area contributed by atoms with Gasteiger partial charge in [-0.1, -0.05) is 60.7 Å². The van der Waals surface area contributed by atoms with E-state index in [0.717, 1.165) is 32.4 Å². The Kier molecular flexibility index (Phi) is 5.70. The van der Waals surface area contributed by atoms with E-state index in [-0.39, 0.29) is 23.5 Å². The van der Waals surface area contributed by atoms with E-state index >= 15 is 0 Å². The van der Waals surface area contributed by atoms with Gasteiger partial charge in [0, 0.05) is 30.3 Å². The molecule has 4 fully saturated rings. The number of hydrogen-bond donors (Lipinski definition) is 0. The molecule has 0 radical (unpaired) electrons. The molecule has 0 spiro atoms. The van der Waals surface area contributed by atoms with Gasteiger partial charge in [0.05, 0.1) is 5.56 Å². The normalized spacial score (nSPS) is 30.8. The summed E-state index contributed by atoms with van der Waals surface area (Å²) in [4.78, 5) is 20.1. The Morgan fingerprint density at radius 3 is 2.00 bits per heavy atom. The third-order valence-corrected chi connectivity index (χ3v) is 8.53. The molecule has 1 aliphatic heterocycles. The van der Waals surface area contributed by atoms with Crippen LogP contribution in [0.5, 0.6) is 0 Å². The summed E-state index contributed by atoms with van der Waals surface area (Å²) >= 11 is 0. The number of likely N-dealkylation sites (tertiary alicyclic amines) is 1. The minimum Gasteiger partial charge on any atom is -0.458 e. The topological polar surface area (TPSA) is 42.4 Å². The van der Waals surface area contributed by atoms with Crippen LogP contribution in [0.1, 0.15) is 65.4 Å². The Hall–Kier alpha value is -2.98. The molecule has 4 aliphatic rings. The van der Waals surface area contributed by atoms with Gasteiger partial charge in [-0.2, -0.15) is 0 Å². The molecule has 2 aromatic carbocycles. The first-order valence-corrected chi connectivity index (χ1v) is 12.7. The van der Waals surface area contributed by atoms with E-state index in [1.807, 2.05) is 0 Å². The molecule has 34 heavy (non-hydrogen) atoms. The second-order valence-corrected chi connectivity index (χ2v) is 10.3. The zero-order valence-electron chi connectivity index (χ0n) is 19.6. The second-order valence-electron chi connectivity index (χ2n) is 10.3. The van der Waals surface area contributed by atoms with Crippen LogP contribution in [-0.2, 0) is 4.74 Å². The molecule has 3 atom stereocenters. The van der Waals surface area contributed by atoms with Gasteiger partial charge in [0.1, 0.15) is 6.10 Å². The molecule has 0 amide bonds. The minimum atomic E-state index is -0.249. The lowest BCUT2D eigenvalue weighted by molar-refractivity contribution is -0.105. The highest BCUT2D eigenvalue weighted by atomic mass is 16.5. The standard InChI is InChI=1S/C30H32N2O2/c33-29(24-14-9-15-31-21-24)34-27-20-30(32-16-7-8-17-32)18-25(22-10-3-1-4-11-22)28(27)26(19-30)23-12-5-2-6-13-23/h1-6,9-15,21,25-28H,7-8,16-20H2. The number of esters is 1. The van der Waals surface area contributed by atoms with Crippen molar-refractivity contribution in [2.24, 2.45) is 5.92 Å². The Morgan fingerprint density at radius 1 is 0.824 bits per heavy atom. The number of nitrogens with zero attached hydrogens (tertiary/aromatic N) is 2. The number of carbonyl (C=O) groups excluding carboxylic acids is 1. The van der Waals surface area contributed by atoms with Gasteiger partial charge in [0.15, 0.2) is 0 Å². The van der Waals surface area contributed by atoms with Crippen LogP contribution in [0.2, 0.25) is 0 Å². The van der Waals surface area contributed by atoms with E-state index in [2.05, 4.69) is 70.5 Å². The van der Waals surface area contributed by atoms with Crippen LogP contribution in [0.15, 0.2) is 85.2 Å². The number of benzene rings is 2. The maximum Gasteiger partial charge on any atom is 0.339 e. The summed E-state index contributed by atoms with van der Waals surface area (Å²) in [6.45, 7) is 2.30. The molecule has 2 heterocycles. The van der Waals surface area contributed by atoms with Gasteiger partial charge in [-0.15, -0.1) is 0 Å². The number of hydrogen-bond acceptors (Lipinski definition) is 4. The SMILES string of the molecule is O=C(OC1CC2(N3CCCC3)CC(c3ccccc3)C1C(c1ccccc1)C2)c1cccnc1. The van der Waals surface area contributed by atoms with Gasteiger partial charge in [-0.3, -0.25) is 9.88 Å². The molecule has 174 valence electrons. The first kappa shape index (κ1) is 21.5. The first-order valence-electron chi connectivity index (χ1n) is 12.7. The van der Waals surface area contributed by atoms with Gasteiger partial charge in [-0.25, -0.2) is 4.79 Å². The number of ether oxygens (including phenoxy) is 1. The predicted octanol–water partition coefficient (Wildman–Crippen LogP) is 5.82. The first-order chi connectivity index (χ1) is 16.7. The molecule has 3 saturated carbocycles. The van der Waals surface area contributed by atoms with Crippen molar-refractivity contribution in [1.82, 2.24) is 9.88 Å². The fourth-order valence-electron chi connectivity index (χ4n) is 7.12. The molecule has 3 unspecified atom stereocenters. The van der Waals surface area contributed by atoms with Crippen LogP contribution in [0.3, 0.4) is 0 Å². The van der Waals surface area contributed by atoms with Crippen molar-refractivity contribution in [1.29, 1.82) is 0 Å². The summed E-state index contributed by atoms with van der Waals surface area (Å²) in [6, 6.07) is 25.5. The summed E-state index contributed by atoms with van der Waals surface area (Å²) in [5, 5.41) is 0. The van der Waals surface area contributed by atoms with Gasteiger partial charge in [-0.05, 0) is 73.9 Å². The fourth-order valence-corrected chi connectivity index (χ4v) is 7.12. The minimum absolute atomic E-state index is 0.0617. The number of rotatable bonds is 5. The number of aromatic nitrogens is 1. The average Bonchev–Trinajstić information content (AvgIpc) is 3.46. The Balaban J connectivity index is 1.43. The van der Waals surface area contributed by atoms with Crippen molar-refractivity contribution in [3.63, 3.8) is 0 Å². The molecule has 1 saturated heterocycles. The van der Waals surface area contributed by atoms with Gasteiger partial charge in [0.2, 0.25) is 0 Å². The van der Waals surface area contributed by atoms with E-state index < -0.39 is 0 Å². The van der Waals surface area contributed by atoms with Gasteiger partial charge in [0.25, 0.3) is 0 Å². The summed E-state index contributed by atoms with van der Waals surface area (Å²) in [5.74, 6) is 0.734. The molecule has 0 N–H and O–H groups in total. The average molecular weight is 453 g/mol. The lowest BCUT2D eigenvalue weighted by Crippen LogP contribution is -2.62. The van der Waals surface area contributed by atoms with E-state index in [9.17, 15) is 4.79 Å². The van der Waals surface area contributed by atoms with Gasteiger partial charge >= 0.3 is 5.97 Å². The monoisotopic (exact) mass is 452 g/mol. The zero-order chi connectivity index (χ0) is 23.0. The largest absolute Gasteiger partial charge is 0.458 e. The summed E-state index contributed by atoms with van der Waals surface area (Å²) in [5.41, 5.74) is 3.34. The summed E-state index contributed by atoms with van der Waals surface area (Å²) in [7, 11) is 0. The molecule has 3 aromatic rings. The third kappa shape index (κ3) is 3.84. The highest BCUT2D eigenvalue weighted by Gasteiger charge is 2.59. The van der Waals surface area contributed by atoms with E-state index in [1.54, 1.807) is 24.5 Å². The second kappa shape index (κ2) is 8.99. The molecule has 1 aromatic heterocycles. The molecule has 7 rings (SSSR count). The Bertz CT molecular complexity index is 1060. The summed E-state index contributed by atoms with van der Waals surface area (Å²) in [6.07, 6.45) is 8.93. The van der Waals surface area contributed by atoms with E-state index in [4.69, 9.17) is 4.74 Å². The highest BCUT2D eigenvalue weighted by molar-refractivity contribution is 5.89. The van der Waals surface area contributed by atoms with Crippen molar-refractivity contribution in [2.75, 3.05) is 13.1 Å². The molecule has 3 aliphatic carbocycles.